The third kappa shape index (κ3) is 3.47. The van der Waals surface area contributed by atoms with E-state index >= 15 is 0 Å². The minimum absolute atomic E-state index is 0.0395. The molecule has 0 atom stereocenters. The molecule has 1 amide bonds. The highest BCUT2D eigenvalue weighted by Crippen LogP contribution is 2.22. The number of carbonyl (C=O) groups is 2. The van der Waals surface area contributed by atoms with Crippen LogP contribution in [0.25, 0.3) is 5.65 Å². The number of hydrogen-bond donors (Lipinski definition) is 1. The first kappa shape index (κ1) is 17.4. The Kier molecular flexibility index (Phi) is 4.71. The summed E-state index contributed by atoms with van der Waals surface area (Å²) in [6.07, 6.45) is 10.2. The molecule has 0 saturated carbocycles. The highest BCUT2D eigenvalue weighted by molar-refractivity contribution is 6.08. The third-order valence-electron chi connectivity index (χ3n) is 5.09. The molecule has 2 aromatic heterocycles. The average molecular weight is 362 g/mol. The lowest BCUT2D eigenvalue weighted by molar-refractivity contribution is 0.101. The lowest BCUT2D eigenvalue weighted by Gasteiger charge is -2.14. The van der Waals surface area contributed by atoms with E-state index in [4.69, 9.17) is 0 Å². The normalized spacial score (nSPS) is 14.3. The molecule has 0 aliphatic heterocycles. The second-order valence-electron chi connectivity index (χ2n) is 7.03. The molecule has 4 rings (SSSR count). The number of hydrogen-bond acceptors (Lipinski definition) is 4. The molecule has 0 saturated heterocycles. The summed E-state index contributed by atoms with van der Waals surface area (Å²) >= 11 is 0. The van der Waals surface area contributed by atoms with Crippen molar-refractivity contribution < 1.29 is 9.59 Å². The molecule has 0 unspecified atom stereocenters. The first-order valence-electron chi connectivity index (χ1n) is 9.40. The van der Waals surface area contributed by atoms with E-state index < -0.39 is 0 Å². The van der Waals surface area contributed by atoms with Crippen molar-refractivity contribution in [2.75, 3.05) is 5.32 Å². The molecule has 3 aromatic rings. The summed E-state index contributed by atoms with van der Waals surface area (Å²) in [6.45, 7) is 1.50. The summed E-state index contributed by atoms with van der Waals surface area (Å²) in [4.78, 5) is 28.8. The Morgan fingerprint density at radius 1 is 1.07 bits per heavy atom. The van der Waals surface area contributed by atoms with Crippen molar-refractivity contribution >= 4 is 23.0 Å². The molecule has 0 spiro atoms. The van der Waals surface area contributed by atoms with E-state index in [1.54, 1.807) is 30.5 Å². The topological polar surface area (TPSA) is 76.4 Å². The predicted octanol–water partition coefficient (Wildman–Crippen LogP) is 3.84. The SMILES string of the molecule is CC(=O)c1cccc(NC(=O)c2cnn3c4c(cnc23)CCCCCC4)c1. The second-order valence-corrected chi connectivity index (χ2v) is 7.03. The maximum absolute atomic E-state index is 12.8. The van der Waals surface area contributed by atoms with E-state index in [2.05, 4.69) is 15.4 Å². The lowest BCUT2D eigenvalue weighted by Crippen LogP contribution is -2.13. The third-order valence-corrected chi connectivity index (χ3v) is 5.09. The van der Waals surface area contributed by atoms with E-state index in [9.17, 15) is 9.59 Å². The zero-order valence-corrected chi connectivity index (χ0v) is 15.4. The molecule has 6 nitrogen and oxygen atoms in total. The molecule has 1 aromatic carbocycles. The number of amides is 1. The average Bonchev–Trinajstić information content (AvgIpc) is 3.06. The zero-order chi connectivity index (χ0) is 18.8. The molecular weight excluding hydrogens is 340 g/mol. The summed E-state index contributed by atoms with van der Waals surface area (Å²) in [7, 11) is 0. The van der Waals surface area contributed by atoms with Crippen LogP contribution in [-0.4, -0.2) is 26.3 Å². The van der Waals surface area contributed by atoms with Gasteiger partial charge in [0.1, 0.15) is 5.56 Å². The van der Waals surface area contributed by atoms with Crippen molar-refractivity contribution in [1.29, 1.82) is 0 Å². The van der Waals surface area contributed by atoms with Gasteiger partial charge in [-0.15, -0.1) is 0 Å². The molecule has 6 heteroatoms. The van der Waals surface area contributed by atoms with Crippen LogP contribution < -0.4 is 5.32 Å². The van der Waals surface area contributed by atoms with E-state index in [-0.39, 0.29) is 11.7 Å². The van der Waals surface area contributed by atoms with E-state index in [0.717, 1.165) is 25.0 Å². The van der Waals surface area contributed by atoms with E-state index in [0.29, 0.717) is 22.5 Å². The number of carbonyl (C=O) groups excluding carboxylic acids is 2. The van der Waals surface area contributed by atoms with Crippen molar-refractivity contribution in [3.8, 4) is 0 Å². The van der Waals surface area contributed by atoms with Gasteiger partial charge in [-0.05, 0) is 50.3 Å². The van der Waals surface area contributed by atoms with E-state index in [1.807, 2.05) is 10.7 Å². The molecule has 0 bridgehead atoms. The molecular formula is C21H22N4O2. The molecule has 1 aliphatic rings. The molecule has 1 N–H and O–H groups in total. The number of benzene rings is 1. The highest BCUT2D eigenvalue weighted by atomic mass is 16.1. The largest absolute Gasteiger partial charge is 0.322 e. The maximum Gasteiger partial charge on any atom is 0.261 e. The van der Waals surface area contributed by atoms with Gasteiger partial charge < -0.3 is 5.32 Å². The number of nitrogens with one attached hydrogen (secondary N) is 1. The van der Waals surface area contributed by atoms with Crippen LogP contribution in [0.1, 0.15) is 64.6 Å². The number of ketones is 1. The molecule has 2 heterocycles. The zero-order valence-electron chi connectivity index (χ0n) is 15.4. The van der Waals surface area contributed by atoms with Crippen molar-refractivity contribution in [2.24, 2.45) is 0 Å². The first-order chi connectivity index (χ1) is 13.1. The number of rotatable bonds is 3. The predicted molar refractivity (Wildman–Crippen MR) is 103 cm³/mol. The molecule has 1 aliphatic carbocycles. The number of aryl methyl sites for hydroxylation is 2. The number of aromatic nitrogens is 3. The fraction of sp³-hybridized carbons (Fsp3) is 0.333. The highest BCUT2D eigenvalue weighted by Gasteiger charge is 2.19. The van der Waals surface area contributed by atoms with Crippen LogP contribution in [0.4, 0.5) is 5.69 Å². The van der Waals surface area contributed by atoms with Gasteiger partial charge in [0, 0.05) is 23.1 Å². The number of fused-ring (bicyclic) bond motifs is 3. The van der Waals surface area contributed by atoms with Gasteiger partial charge >= 0.3 is 0 Å². The Labute approximate surface area is 157 Å². The van der Waals surface area contributed by atoms with Gasteiger partial charge in [0.15, 0.2) is 11.4 Å². The lowest BCUT2D eigenvalue weighted by atomic mass is 9.98. The maximum atomic E-state index is 12.8. The van der Waals surface area contributed by atoms with E-state index in [1.165, 1.54) is 31.7 Å². The van der Waals surface area contributed by atoms with Crippen molar-refractivity contribution in [2.45, 2.75) is 45.4 Å². The molecule has 0 fully saturated rings. The van der Waals surface area contributed by atoms with Crippen molar-refractivity contribution in [3.05, 3.63) is 59.0 Å². The van der Waals surface area contributed by atoms with Gasteiger partial charge in [-0.25, -0.2) is 9.50 Å². The van der Waals surface area contributed by atoms with Crippen molar-refractivity contribution in [3.63, 3.8) is 0 Å². The van der Waals surface area contributed by atoms with Crippen LogP contribution in [0, 0.1) is 0 Å². The summed E-state index contributed by atoms with van der Waals surface area (Å²) in [5.74, 6) is -0.314. The van der Waals surface area contributed by atoms with Gasteiger partial charge in [0.25, 0.3) is 5.91 Å². The second kappa shape index (κ2) is 7.31. The number of Topliss-reactive ketones (excluding diaryl/α,β-unsaturated/α-hetero) is 1. The summed E-state index contributed by atoms with van der Waals surface area (Å²) in [6, 6.07) is 6.92. The van der Waals surface area contributed by atoms with Crippen molar-refractivity contribution in [1.82, 2.24) is 14.6 Å². The minimum Gasteiger partial charge on any atom is -0.322 e. The fourth-order valence-electron chi connectivity index (χ4n) is 3.62. The monoisotopic (exact) mass is 362 g/mol. The Bertz CT molecular complexity index is 1020. The van der Waals surface area contributed by atoms with Gasteiger partial charge in [-0.3, -0.25) is 9.59 Å². The number of nitrogens with zero attached hydrogens (tertiary/aromatic N) is 3. The Morgan fingerprint density at radius 2 is 1.89 bits per heavy atom. The molecule has 27 heavy (non-hydrogen) atoms. The smallest absolute Gasteiger partial charge is 0.261 e. The van der Waals surface area contributed by atoms with Gasteiger partial charge in [0.2, 0.25) is 0 Å². The van der Waals surface area contributed by atoms with Crippen LogP contribution in [-0.2, 0) is 12.8 Å². The fourth-order valence-corrected chi connectivity index (χ4v) is 3.62. The Balaban J connectivity index is 1.66. The van der Waals surface area contributed by atoms with Crippen LogP contribution in [0.2, 0.25) is 0 Å². The Hall–Kier alpha value is -3.02. The number of anilines is 1. The van der Waals surface area contributed by atoms with Crippen LogP contribution in [0.5, 0.6) is 0 Å². The summed E-state index contributed by atoms with van der Waals surface area (Å²) in [5, 5.41) is 7.30. The van der Waals surface area contributed by atoms with Crippen LogP contribution >= 0.6 is 0 Å². The van der Waals surface area contributed by atoms with Gasteiger partial charge in [-0.1, -0.05) is 25.0 Å². The standard InChI is InChI=1S/C21H22N4O2/c1-14(26)15-8-6-9-17(11-15)24-21(27)18-13-23-25-19-10-5-3-2-4-7-16(19)12-22-20(18)25/h6,8-9,11-13H,2-5,7,10H2,1H3,(H,24,27). The minimum atomic E-state index is -0.274. The van der Waals surface area contributed by atoms with Gasteiger partial charge in [-0.2, -0.15) is 5.10 Å². The summed E-state index contributed by atoms with van der Waals surface area (Å²) in [5.41, 5.74) is 4.55. The Morgan fingerprint density at radius 3 is 2.70 bits per heavy atom. The molecule has 0 radical (unpaired) electrons. The quantitative estimate of drug-likeness (QED) is 0.718. The summed E-state index contributed by atoms with van der Waals surface area (Å²) < 4.78 is 1.82. The first-order valence-corrected chi connectivity index (χ1v) is 9.40. The van der Waals surface area contributed by atoms with Crippen LogP contribution in [0.3, 0.4) is 0 Å². The molecule has 138 valence electrons. The van der Waals surface area contributed by atoms with Crippen LogP contribution in [0.15, 0.2) is 36.7 Å². The van der Waals surface area contributed by atoms with Gasteiger partial charge in [0.05, 0.1) is 6.20 Å².